The van der Waals surface area contributed by atoms with Gasteiger partial charge in [0.25, 0.3) is 0 Å². The van der Waals surface area contributed by atoms with Crippen molar-refractivity contribution in [3.05, 3.63) is 64.5 Å². The van der Waals surface area contributed by atoms with Crippen LogP contribution in [0.4, 0.5) is 10.1 Å². The third kappa shape index (κ3) is 3.18. The number of halogens is 1. The number of hydrogen-bond acceptors (Lipinski definition) is 3. The Kier molecular flexibility index (Phi) is 4.19. The summed E-state index contributed by atoms with van der Waals surface area (Å²) in [7, 11) is 0. The number of anilines is 1. The molecule has 0 aliphatic heterocycles. The van der Waals surface area contributed by atoms with Crippen molar-refractivity contribution in [3.63, 3.8) is 0 Å². The van der Waals surface area contributed by atoms with Gasteiger partial charge in [-0.25, -0.2) is 4.39 Å². The minimum atomic E-state index is -0.506. The highest BCUT2D eigenvalue weighted by atomic mass is 19.1. The molecule has 0 aliphatic rings. The molecule has 0 atom stereocenters. The smallest absolute Gasteiger partial charge is 0.249 e. The first-order valence-corrected chi connectivity index (χ1v) is 6.34. The highest BCUT2D eigenvalue weighted by Gasteiger charge is 2.09. The first kappa shape index (κ1) is 14.5. The van der Waals surface area contributed by atoms with E-state index >= 15 is 0 Å². The average Bonchev–Trinajstić information content (AvgIpc) is 2.47. The summed E-state index contributed by atoms with van der Waals surface area (Å²) in [6.07, 6.45) is 0. The summed E-state index contributed by atoms with van der Waals surface area (Å²) in [6, 6.07) is 11.3. The van der Waals surface area contributed by atoms with Crippen LogP contribution in [0, 0.1) is 24.1 Å². The van der Waals surface area contributed by atoms with Crippen LogP contribution in [0.15, 0.2) is 36.4 Å². The van der Waals surface area contributed by atoms with E-state index in [0.29, 0.717) is 27.9 Å². The molecule has 0 heterocycles. The maximum atomic E-state index is 13.7. The molecule has 0 radical (unpaired) electrons. The maximum Gasteiger partial charge on any atom is 0.249 e. The fourth-order valence-corrected chi connectivity index (χ4v) is 2.06. The van der Waals surface area contributed by atoms with Crippen LogP contribution in [-0.2, 0) is 6.54 Å². The van der Waals surface area contributed by atoms with E-state index < -0.39 is 5.91 Å². The van der Waals surface area contributed by atoms with E-state index in [0.717, 1.165) is 0 Å². The van der Waals surface area contributed by atoms with Gasteiger partial charge in [0.2, 0.25) is 5.91 Å². The van der Waals surface area contributed by atoms with Crippen molar-refractivity contribution in [2.24, 2.45) is 5.73 Å². The topological polar surface area (TPSA) is 78.9 Å². The number of primary amides is 1. The molecule has 0 bridgehead atoms. The molecule has 0 aromatic heterocycles. The van der Waals surface area contributed by atoms with Crippen LogP contribution in [0.5, 0.6) is 0 Å². The Morgan fingerprint density at radius 3 is 2.81 bits per heavy atom. The van der Waals surface area contributed by atoms with Crippen LogP contribution in [0.1, 0.15) is 27.0 Å². The molecular weight excluding hydrogens is 269 g/mol. The Hall–Kier alpha value is -2.87. The number of carbonyl (C=O) groups is 1. The summed E-state index contributed by atoms with van der Waals surface area (Å²) >= 11 is 0. The Balaban J connectivity index is 2.23. The number of nitrogens with zero attached hydrogens (tertiary/aromatic N) is 1. The number of amides is 1. The number of rotatable bonds is 4. The van der Waals surface area contributed by atoms with Gasteiger partial charge in [0, 0.05) is 23.4 Å². The minimum Gasteiger partial charge on any atom is -0.381 e. The van der Waals surface area contributed by atoms with Gasteiger partial charge in [0.15, 0.2) is 0 Å². The molecule has 3 N–H and O–H groups in total. The molecule has 0 saturated carbocycles. The monoisotopic (exact) mass is 283 g/mol. The van der Waals surface area contributed by atoms with Gasteiger partial charge < -0.3 is 11.1 Å². The Morgan fingerprint density at radius 1 is 1.38 bits per heavy atom. The third-order valence-corrected chi connectivity index (χ3v) is 3.24. The van der Waals surface area contributed by atoms with E-state index in [9.17, 15) is 9.18 Å². The summed E-state index contributed by atoms with van der Waals surface area (Å²) in [6.45, 7) is 1.98. The second kappa shape index (κ2) is 6.06. The van der Waals surface area contributed by atoms with E-state index in [1.807, 2.05) is 6.07 Å². The molecule has 2 rings (SSSR count). The number of benzene rings is 2. The minimum absolute atomic E-state index is 0.213. The Labute approximate surface area is 122 Å². The van der Waals surface area contributed by atoms with Crippen LogP contribution in [0.2, 0.25) is 0 Å². The average molecular weight is 283 g/mol. The van der Waals surface area contributed by atoms with Crippen LogP contribution in [-0.4, -0.2) is 5.91 Å². The second-order valence-corrected chi connectivity index (χ2v) is 4.61. The van der Waals surface area contributed by atoms with Gasteiger partial charge >= 0.3 is 0 Å². The summed E-state index contributed by atoms with van der Waals surface area (Å²) in [5.41, 5.74) is 7.91. The van der Waals surface area contributed by atoms with Crippen molar-refractivity contribution in [1.29, 1.82) is 5.26 Å². The van der Waals surface area contributed by atoms with Crippen molar-refractivity contribution >= 4 is 11.6 Å². The van der Waals surface area contributed by atoms with E-state index in [-0.39, 0.29) is 12.4 Å². The van der Waals surface area contributed by atoms with Crippen molar-refractivity contribution in [2.75, 3.05) is 5.32 Å². The lowest BCUT2D eigenvalue weighted by atomic mass is 10.1. The Morgan fingerprint density at radius 2 is 2.14 bits per heavy atom. The summed E-state index contributed by atoms with van der Waals surface area (Å²) < 4.78 is 13.7. The molecule has 21 heavy (non-hydrogen) atoms. The normalized spacial score (nSPS) is 9.95. The lowest BCUT2D eigenvalue weighted by Gasteiger charge is -2.12. The zero-order valence-electron chi connectivity index (χ0n) is 11.5. The van der Waals surface area contributed by atoms with Gasteiger partial charge in [0.1, 0.15) is 5.82 Å². The molecule has 0 saturated heterocycles. The van der Waals surface area contributed by atoms with Crippen molar-refractivity contribution in [1.82, 2.24) is 0 Å². The van der Waals surface area contributed by atoms with E-state index in [2.05, 4.69) is 5.32 Å². The molecule has 0 unspecified atom stereocenters. The maximum absolute atomic E-state index is 13.7. The lowest BCUT2D eigenvalue weighted by Crippen LogP contribution is -2.14. The van der Waals surface area contributed by atoms with Crippen molar-refractivity contribution < 1.29 is 9.18 Å². The number of hydrogen-bond donors (Lipinski definition) is 2. The molecule has 106 valence electrons. The molecule has 5 heteroatoms. The van der Waals surface area contributed by atoms with Gasteiger partial charge in [-0.15, -0.1) is 0 Å². The largest absolute Gasteiger partial charge is 0.381 e. The van der Waals surface area contributed by atoms with E-state index in [4.69, 9.17) is 11.0 Å². The predicted octanol–water partition coefficient (Wildman–Crippen LogP) is 2.72. The number of nitriles is 1. The van der Waals surface area contributed by atoms with Gasteiger partial charge in [-0.05, 0) is 42.8 Å². The number of carbonyl (C=O) groups excluding carboxylic acids is 1. The zero-order chi connectivity index (χ0) is 15.4. The van der Waals surface area contributed by atoms with E-state index in [1.54, 1.807) is 25.1 Å². The predicted molar refractivity (Wildman–Crippen MR) is 78.1 cm³/mol. The molecule has 0 fully saturated rings. The fourth-order valence-electron chi connectivity index (χ4n) is 2.06. The van der Waals surface area contributed by atoms with Gasteiger partial charge in [-0.2, -0.15) is 5.26 Å². The van der Waals surface area contributed by atoms with Crippen LogP contribution < -0.4 is 11.1 Å². The first-order valence-electron chi connectivity index (χ1n) is 6.34. The van der Waals surface area contributed by atoms with E-state index in [1.165, 1.54) is 18.2 Å². The summed E-state index contributed by atoms with van der Waals surface area (Å²) in [4.78, 5) is 11.3. The molecule has 1 amide bonds. The number of nitrogens with one attached hydrogen (secondary N) is 1. The van der Waals surface area contributed by atoms with Crippen LogP contribution in [0.3, 0.4) is 0 Å². The first-order chi connectivity index (χ1) is 10.0. The number of nitrogens with two attached hydrogens (primary N) is 1. The highest BCUT2D eigenvalue weighted by molar-refractivity contribution is 5.95. The molecule has 0 spiro atoms. The zero-order valence-corrected chi connectivity index (χ0v) is 11.5. The SMILES string of the molecule is Cc1c(NCc2cc(C#N)ccc2F)cccc1C(N)=O. The lowest BCUT2D eigenvalue weighted by molar-refractivity contribution is 0.1000. The second-order valence-electron chi connectivity index (χ2n) is 4.61. The standard InChI is InChI=1S/C16H14FN3O/c1-10-13(16(19)21)3-2-4-15(10)20-9-12-7-11(8-18)5-6-14(12)17/h2-7,20H,9H2,1H3,(H2,19,21). The van der Waals surface area contributed by atoms with Gasteiger partial charge in [-0.3, -0.25) is 4.79 Å². The molecule has 2 aromatic rings. The summed E-state index contributed by atoms with van der Waals surface area (Å²) in [5, 5.41) is 11.9. The highest BCUT2D eigenvalue weighted by Crippen LogP contribution is 2.20. The quantitative estimate of drug-likeness (QED) is 0.905. The van der Waals surface area contributed by atoms with Gasteiger partial charge in [0.05, 0.1) is 11.6 Å². The van der Waals surface area contributed by atoms with Crippen molar-refractivity contribution in [2.45, 2.75) is 13.5 Å². The van der Waals surface area contributed by atoms with Crippen LogP contribution >= 0.6 is 0 Å². The molecule has 2 aromatic carbocycles. The summed E-state index contributed by atoms with van der Waals surface area (Å²) in [5.74, 6) is -0.890. The molecule has 4 nitrogen and oxygen atoms in total. The molecule has 0 aliphatic carbocycles. The van der Waals surface area contributed by atoms with Crippen LogP contribution in [0.25, 0.3) is 0 Å². The van der Waals surface area contributed by atoms with Crippen molar-refractivity contribution in [3.8, 4) is 6.07 Å². The molecular formula is C16H14FN3O. The fraction of sp³-hybridized carbons (Fsp3) is 0.125. The van der Waals surface area contributed by atoms with Gasteiger partial charge in [-0.1, -0.05) is 6.07 Å². The third-order valence-electron chi connectivity index (χ3n) is 3.24. The Bertz CT molecular complexity index is 735.